The van der Waals surface area contributed by atoms with Crippen molar-refractivity contribution in [2.75, 3.05) is 6.86 Å². The summed E-state index contributed by atoms with van der Waals surface area (Å²) in [5.41, 5.74) is 0. The zero-order valence-corrected chi connectivity index (χ0v) is 5.52. The third kappa shape index (κ3) is 5.27. The lowest BCUT2D eigenvalue weighted by Gasteiger charge is -1.96. The zero-order chi connectivity index (χ0) is 7.11. The molecule has 0 saturated carbocycles. The second kappa shape index (κ2) is 5.54. The van der Waals surface area contributed by atoms with Crippen LogP contribution < -0.4 is 0 Å². The largest absolute Gasteiger partial charge is 0.434 e. The van der Waals surface area contributed by atoms with Gasteiger partial charge in [0.2, 0.25) is 6.86 Å². The maximum Gasteiger partial charge on any atom is 0.308 e. The molecule has 54 valence electrons. The van der Waals surface area contributed by atoms with Gasteiger partial charge in [-0.2, -0.15) is 0 Å². The molecule has 0 aliphatic carbocycles. The van der Waals surface area contributed by atoms with Gasteiger partial charge < -0.3 is 4.74 Å². The van der Waals surface area contributed by atoms with E-state index in [9.17, 15) is 9.18 Å². The smallest absolute Gasteiger partial charge is 0.308 e. The van der Waals surface area contributed by atoms with Gasteiger partial charge in [-0.1, -0.05) is 13.3 Å². The van der Waals surface area contributed by atoms with Gasteiger partial charge >= 0.3 is 5.97 Å². The summed E-state index contributed by atoms with van der Waals surface area (Å²) in [6.07, 6.45) is 2.04. The normalized spacial score (nSPS) is 9.11. The molecule has 0 atom stereocenters. The molecule has 9 heavy (non-hydrogen) atoms. The van der Waals surface area contributed by atoms with Crippen LogP contribution in [0.25, 0.3) is 0 Å². The van der Waals surface area contributed by atoms with Gasteiger partial charge in [-0.15, -0.1) is 0 Å². The molecule has 0 aromatic rings. The van der Waals surface area contributed by atoms with Gasteiger partial charge in [-0.25, -0.2) is 4.39 Å². The van der Waals surface area contributed by atoms with Crippen LogP contribution in [0.4, 0.5) is 4.39 Å². The summed E-state index contributed by atoms with van der Waals surface area (Å²) in [6.45, 7) is 0.964. The number of esters is 1. The molecule has 0 heterocycles. The summed E-state index contributed by atoms with van der Waals surface area (Å²) in [5, 5.41) is 0. The number of rotatable bonds is 4. The van der Waals surface area contributed by atoms with Crippen LogP contribution in [0.1, 0.15) is 26.2 Å². The first-order valence-corrected chi connectivity index (χ1v) is 3.02. The molecule has 0 bridgehead atoms. The third-order valence-corrected chi connectivity index (χ3v) is 0.950. The number of hydrogen-bond donors (Lipinski definition) is 0. The molecule has 0 amide bonds. The molecule has 0 aliphatic rings. The molecule has 0 fully saturated rings. The molecule has 0 aromatic heterocycles. The topological polar surface area (TPSA) is 26.3 Å². The van der Waals surface area contributed by atoms with Gasteiger partial charge in [-0.3, -0.25) is 4.79 Å². The molecule has 0 rings (SSSR count). The van der Waals surface area contributed by atoms with E-state index >= 15 is 0 Å². The number of halogens is 1. The Morgan fingerprint density at radius 3 is 2.78 bits per heavy atom. The molecule has 2 nitrogen and oxygen atoms in total. The van der Waals surface area contributed by atoms with Crippen molar-refractivity contribution in [2.45, 2.75) is 26.2 Å². The number of carbonyl (C=O) groups is 1. The van der Waals surface area contributed by atoms with Crippen molar-refractivity contribution in [1.29, 1.82) is 0 Å². The van der Waals surface area contributed by atoms with Gasteiger partial charge in [0, 0.05) is 6.42 Å². The van der Waals surface area contributed by atoms with Crippen LogP contribution >= 0.6 is 0 Å². The van der Waals surface area contributed by atoms with Crippen LogP contribution in [-0.2, 0) is 9.53 Å². The molecular weight excluding hydrogens is 123 g/mol. The van der Waals surface area contributed by atoms with Crippen molar-refractivity contribution < 1.29 is 13.9 Å². The molecule has 0 radical (unpaired) electrons. The third-order valence-electron chi connectivity index (χ3n) is 0.950. The maximum absolute atomic E-state index is 11.2. The van der Waals surface area contributed by atoms with E-state index in [1.165, 1.54) is 0 Å². The number of hydrogen-bond acceptors (Lipinski definition) is 2. The van der Waals surface area contributed by atoms with E-state index in [2.05, 4.69) is 4.74 Å². The van der Waals surface area contributed by atoms with Crippen LogP contribution in [0.15, 0.2) is 0 Å². The van der Waals surface area contributed by atoms with Crippen molar-refractivity contribution in [3.63, 3.8) is 0 Å². The highest BCUT2D eigenvalue weighted by Gasteiger charge is 1.98. The minimum Gasteiger partial charge on any atom is -0.434 e. The predicted molar refractivity (Wildman–Crippen MR) is 31.6 cm³/mol. The van der Waals surface area contributed by atoms with E-state index in [1.807, 2.05) is 6.92 Å². The summed E-state index contributed by atoms with van der Waals surface area (Å²) < 4.78 is 15.3. The summed E-state index contributed by atoms with van der Waals surface area (Å²) in [7, 11) is 0. The Morgan fingerprint density at radius 2 is 2.33 bits per heavy atom. The van der Waals surface area contributed by atoms with Crippen LogP contribution in [0.2, 0.25) is 0 Å². The van der Waals surface area contributed by atoms with Crippen molar-refractivity contribution >= 4 is 5.97 Å². The summed E-state index contributed by atoms with van der Waals surface area (Å²) in [4.78, 5) is 10.3. The van der Waals surface area contributed by atoms with Gasteiger partial charge in [0.1, 0.15) is 0 Å². The molecular formula is C6H11FO2. The highest BCUT2D eigenvalue weighted by Crippen LogP contribution is 1.95. The molecule has 3 heteroatoms. The number of alkyl halides is 1. The highest BCUT2D eigenvalue weighted by molar-refractivity contribution is 5.69. The molecule has 0 aromatic carbocycles. The Morgan fingerprint density at radius 1 is 1.67 bits per heavy atom. The SMILES string of the molecule is CCCCC(=O)OCF. The summed E-state index contributed by atoms with van der Waals surface area (Å²) in [5.74, 6) is -0.445. The van der Waals surface area contributed by atoms with E-state index in [0.29, 0.717) is 6.42 Å². The number of ether oxygens (including phenoxy) is 1. The second-order valence-electron chi connectivity index (χ2n) is 1.73. The molecule has 0 spiro atoms. The molecule has 0 aliphatic heterocycles. The Balaban J connectivity index is 3.06. The fourth-order valence-electron chi connectivity index (χ4n) is 0.454. The lowest BCUT2D eigenvalue weighted by Crippen LogP contribution is -2.01. The zero-order valence-electron chi connectivity index (χ0n) is 5.52. The molecule has 0 unspecified atom stereocenters. The van der Waals surface area contributed by atoms with Crippen molar-refractivity contribution in [3.05, 3.63) is 0 Å². The van der Waals surface area contributed by atoms with Gasteiger partial charge in [0.05, 0.1) is 0 Å². The van der Waals surface area contributed by atoms with Crippen LogP contribution in [-0.4, -0.2) is 12.8 Å². The minimum atomic E-state index is -0.997. The van der Waals surface area contributed by atoms with Gasteiger partial charge in [0.15, 0.2) is 0 Å². The second-order valence-corrected chi connectivity index (χ2v) is 1.73. The first kappa shape index (κ1) is 8.40. The summed E-state index contributed by atoms with van der Waals surface area (Å²) >= 11 is 0. The van der Waals surface area contributed by atoms with Gasteiger partial charge in [0.25, 0.3) is 0 Å². The molecule has 0 N–H and O–H groups in total. The standard InChI is InChI=1S/C6H11FO2/c1-2-3-4-6(8)9-5-7/h2-5H2,1H3. The average molecular weight is 134 g/mol. The lowest BCUT2D eigenvalue weighted by atomic mass is 10.3. The van der Waals surface area contributed by atoms with Crippen LogP contribution in [0.5, 0.6) is 0 Å². The Kier molecular flexibility index (Phi) is 5.17. The van der Waals surface area contributed by atoms with Crippen LogP contribution in [0, 0.1) is 0 Å². The Hall–Kier alpha value is -0.600. The molecule has 0 saturated heterocycles. The van der Waals surface area contributed by atoms with E-state index in [4.69, 9.17) is 0 Å². The fourth-order valence-corrected chi connectivity index (χ4v) is 0.454. The van der Waals surface area contributed by atoms with Crippen LogP contribution in [0.3, 0.4) is 0 Å². The Bertz CT molecular complexity index is 83.1. The summed E-state index contributed by atoms with van der Waals surface area (Å²) in [6, 6.07) is 0. The lowest BCUT2D eigenvalue weighted by molar-refractivity contribution is -0.147. The van der Waals surface area contributed by atoms with E-state index in [1.54, 1.807) is 0 Å². The minimum absolute atomic E-state index is 0.334. The number of unbranched alkanes of at least 4 members (excludes halogenated alkanes) is 1. The average Bonchev–Trinajstić information content (AvgIpc) is 1.85. The fraction of sp³-hybridized carbons (Fsp3) is 0.833. The van der Waals surface area contributed by atoms with Gasteiger partial charge in [-0.05, 0) is 6.42 Å². The monoisotopic (exact) mass is 134 g/mol. The van der Waals surface area contributed by atoms with Crippen molar-refractivity contribution in [3.8, 4) is 0 Å². The van der Waals surface area contributed by atoms with E-state index < -0.39 is 12.8 Å². The first-order valence-electron chi connectivity index (χ1n) is 3.02. The quantitative estimate of drug-likeness (QED) is 0.546. The predicted octanol–water partition coefficient (Wildman–Crippen LogP) is 1.65. The Labute approximate surface area is 54.0 Å². The highest BCUT2D eigenvalue weighted by atomic mass is 19.1. The van der Waals surface area contributed by atoms with Crippen molar-refractivity contribution in [1.82, 2.24) is 0 Å². The maximum atomic E-state index is 11.2. The number of carbonyl (C=O) groups excluding carboxylic acids is 1. The van der Waals surface area contributed by atoms with E-state index in [-0.39, 0.29) is 0 Å². The van der Waals surface area contributed by atoms with E-state index in [0.717, 1.165) is 12.8 Å². The van der Waals surface area contributed by atoms with Crippen molar-refractivity contribution in [2.24, 2.45) is 0 Å². The first-order chi connectivity index (χ1) is 4.31.